The van der Waals surface area contributed by atoms with Crippen LogP contribution in [-0.2, 0) is 0 Å². The molecular weight excluding hydrogens is 350 g/mol. The number of nitrogens with zero attached hydrogens (tertiary/aromatic N) is 3. The average Bonchev–Trinajstić information content (AvgIpc) is 3.17. The van der Waals surface area contributed by atoms with Gasteiger partial charge in [-0.25, -0.2) is 0 Å². The van der Waals surface area contributed by atoms with Gasteiger partial charge in [-0.3, -0.25) is 14.7 Å². The summed E-state index contributed by atoms with van der Waals surface area (Å²) >= 11 is 0. The number of hydrogen-bond acceptors (Lipinski definition) is 4. The van der Waals surface area contributed by atoms with Gasteiger partial charge in [-0.15, -0.1) is 0 Å². The maximum Gasteiger partial charge on any atom is 0.255 e. The van der Waals surface area contributed by atoms with Crippen LogP contribution >= 0.6 is 0 Å². The Bertz CT molecular complexity index is 891. The van der Waals surface area contributed by atoms with Gasteiger partial charge in [0.15, 0.2) is 0 Å². The summed E-state index contributed by atoms with van der Waals surface area (Å²) in [6, 6.07) is 11.1. The van der Waals surface area contributed by atoms with Gasteiger partial charge in [-0.05, 0) is 68.1 Å². The number of pyridine rings is 1. The highest BCUT2D eigenvalue weighted by atomic mass is 16.5. The Balaban J connectivity index is 1.53. The molecule has 5 heterocycles. The Morgan fingerprint density at radius 3 is 2.71 bits per heavy atom. The van der Waals surface area contributed by atoms with Crippen LogP contribution in [0.1, 0.15) is 40.2 Å². The quantitative estimate of drug-likeness (QED) is 0.825. The minimum atomic E-state index is 0.130. The third kappa shape index (κ3) is 2.80. The molecule has 4 saturated heterocycles. The van der Waals surface area contributed by atoms with Gasteiger partial charge in [-0.1, -0.05) is 12.1 Å². The zero-order chi connectivity index (χ0) is 19.3. The van der Waals surface area contributed by atoms with Crippen LogP contribution in [0.2, 0.25) is 0 Å². The predicted octanol–water partition coefficient (Wildman–Crippen LogP) is 3.10. The second-order valence-electron chi connectivity index (χ2n) is 8.45. The molecular formula is C23H27N3O2. The number of piperidine rings is 3. The number of ether oxygens (including phenoxy) is 1. The van der Waals surface area contributed by atoms with Gasteiger partial charge in [0.1, 0.15) is 5.75 Å². The lowest BCUT2D eigenvalue weighted by molar-refractivity contribution is -0.00343. The first-order chi connectivity index (χ1) is 13.7. The Hall–Kier alpha value is -2.40. The smallest absolute Gasteiger partial charge is 0.255 e. The van der Waals surface area contributed by atoms with E-state index in [0.29, 0.717) is 29.5 Å². The summed E-state index contributed by atoms with van der Waals surface area (Å²) in [5, 5.41) is 0. The van der Waals surface area contributed by atoms with Gasteiger partial charge in [-0.2, -0.15) is 0 Å². The SMILES string of the molecule is COc1cccc([C@@H]2CN(C(=O)c3cncc(C)c3)[C@@H]3C4CCN(CC4)[C@@H]32)c1. The molecule has 28 heavy (non-hydrogen) atoms. The van der Waals surface area contributed by atoms with E-state index in [2.05, 4.69) is 33.0 Å². The van der Waals surface area contributed by atoms with Crippen molar-refractivity contribution in [2.75, 3.05) is 26.7 Å². The van der Waals surface area contributed by atoms with E-state index in [1.165, 1.54) is 18.4 Å². The Morgan fingerprint density at radius 2 is 1.96 bits per heavy atom. The highest BCUT2D eigenvalue weighted by molar-refractivity contribution is 5.94. The Labute approximate surface area is 166 Å². The summed E-state index contributed by atoms with van der Waals surface area (Å²) in [7, 11) is 1.71. The van der Waals surface area contributed by atoms with E-state index in [4.69, 9.17) is 4.74 Å². The lowest BCUT2D eigenvalue weighted by Crippen LogP contribution is -2.60. The molecule has 5 heteroatoms. The van der Waals surface area contributed by atoms with Crippen LogP contribution in [-0.4, -0.2) is 59.5 Å². The van der Waals surface area contributed by atoms with Crippen LogP contribution < -0.4 is 4.74 Å². The fourth-order valence-corrected chi connectivity index (χ4v) is 5.66. The average molecular weight is 377 g/mol. The number of amides is 1. The van der Waals surface area contributed by atoms with Gasteiger partial charge < -0.3 is 9.64 Å². The molecule has 0 unspecified atom stereocenters. The molecule has 4 aliphatic rings. The zero-order valence-electron chi connectivity index (χ0n) is 16.5. The molecule has 0 aliphatic carbocycles. The van der Waals surface area contributed by atoms with Gasteiger partial charge in [0.05, 0.1) is 18.7 Å². The van der Waals surface area contributed by atoms with E-state index in [-0.39, 0.29) is 5.91 Å². The third-order valence-corrected chi connectivity index (χ3v) is 6.90. The normalized spacial score (nSPS) is 30.9. The van der Waals surface area contributed by atoms with E-state index >= 15 is 0 Å². The summed E-state index contributed by atoms with van der Waals surface area (Å²) in [6.07, 6.45) is 5.91. The maximum atomic E-state index is 13.5. The summed E-state index contributed by atoms with van der Waals surface area (Å²) in [5.74, 6) is 1.94. The maximum absolute atomic E-state index is 13.5. The van der Waals surface area contributed by atoms with E-state index in [1.54, 1.807) is 19.5 Å². The second kappa shape index (κ2) is 6.89. The van der Waals surface area contributed by atoms with Crippen molar-refractivity contribution >= 4 is 5.91 Å². The number of aromatic nitrogens is 1. The van der Waals surface area contributed by atoms with Crippen molar-refractivity contribution < 1.29 is 9.53 Å². The second-order valence-corrected chi connectivity index (χ2v) is 8.45. The lowest BCUT2D eigenvalue weighted by atomic mass is 9.75. The molecule has 2 bridgehead atoms. The van der Waals surface area contributed by atoms with Crippen LogP contribution in [0.5, 0.6) is 5.75 Å². The topological polar surface area (TPSA) is 45.7 Å². The summed E-state index contributed by atoms with van der Waals surface area (Å²) < 4.78 is 5.47. The molecule has 0 N–H and O–H groups in total. The van der Waals surface area contributed by atoms with E-state index < -0.39 is 0 Å². The van der Waals surface area contributed by atoms with Crippen LogP contribution in [0.15, 0.2) is 42.7 Å². The number of hydrogen-bond donors (Lipinski definition) is 0. The number of carbonyl (C=O) groups is 1. The molecule has 1 aromatic carbocycles. The molecule has 2 aromatic rings. The zero-order valence-corrected chi connectivity index (χ0v) is 16.5. The summed E-state index contributed by atoms with van der Waals surface area (Å²) in [4.78, 5) is 22.5. The number of carbonyl (C=O) groups excluding carboxylic acids is 1. The van der Waals surface area contributed by atoms with Crippen molar-refractivity contribution in [3.63, 3.8) is 0 Å². The summed E-state index contributed by atoms with van der Waals surface area (Å²) in [5.41, 5.74) is 3.01. The molecule has 0 radical (unpaired) electrons. The minimum absolute atomic E-state index is 0.130. The highest BCUT2D eigenvalue weighted by Gasteiger charge is 2.54. The molecule has 6 rings (SSSR count). The number of fused-ring (bicyclic) bond motifs is 2. The van der Waals surface area contributed by atoms with Crippen LogP contribution in [0, 0.1) is 12.8 Å². The molecule has 0 spiro atoms. The van der Waals surface area contributed by atoms with E-state index in [0.717, 1.165) is 30.9 Å². The van der Waals surface area contributed by atoms with E-state index in [9.17, 15) is 4.79 Å². The van der Waals surface area contributed by atoms with E-state index in [1.807, 2.05) is 19.1 Å². The van der Waals surface area contributed by atoms with Crippen LogP contribution in [0.4, 0.5) is 0 Å². The van der Waals surface area contributed by atoms with Crippen LogP contribution in [0.3, 0.4) is 0 Å². The standard InChI is InChI=1S/C23H27N3O2/c1-15-10-18(13-24-12-15)23(27)26-14-20(17-4-3-5-19(11-17)28-2)22-21(26)16-6-8-25(22)9-7-16/h3-5,10-13,16,20-22H,6-9,14H2,1-2H3/t20-,21+,22+/m0/s1. The largest absolute Gasteiger partial charge is 0.497 e. The van der Waals surface area contributed by atoms with Gasteiger partial charge in [0.25, 0.3) is 5.91 Å². The number of likely N-dealkylation sites (tertiary alicyclic amines) is 1. The van der Waals surface area contributed by atoms with Crippen LogP contribution in [0.25, 0.3) is 0 Å². The summed E-state index contributed by atoms with van der Waals surface area (Å²) in [6.45, 7) is 5.06. The van der Waals surface area contributed by atoms with Gasteiger partial charge in [0, 0.05) is 30.9 Å². The third-order valence-electron chi connectivity index (χ3n) is 6.90. The van der Waals surface area contributed by atoms with Gasteiger partial charge >= 0.3 is 0 Å². The molecule has 3 atom stereocenters. The first-order valence-corrected chi connectivity index (χ1v) is 10.3. The number of benzene rings is 1. The van der Waals surface area contributed by atoms with Crippen molar-refractivity contribution in [2.24, 2.45) is 5.92 Å². The fraction of sp³-hybridized carbons (Fsp3) is 0.478. The molecule has 0 saturated carbocycles. The first kappa shape index (κ1) is 17.7. The fourth-order valence-electron chi connectivity index (χ4n) is 5.66. The number of aryl methyl sites for hydroxylation is 1. The monoisotopic (exact) mass is 377 g/mol. The predicted molar refractivity (Wildman–Crippen MR) is 108 cm³/mol. The van der Waals surface area contributed by atoms with Crippen molar-refractivity contribution in [2.45, 2.75) is 37.8 Å². The number of methoxy groups -OCH3 is 1. The van der Waals surface area contributed by atoms with Crippen molar-refractivity contribution in [1.29, 1.82) is 0 Å². The molecule has 146 valence electrons. The first-order valence-electron chi connectivity index (χ1n) is 10.3. The van der Waals surface area contributed by atoms with Crippen molar-refractivity contribution in [3.05, 3.63) is 59.4 Å². The van der Waals surface area contributed by atoms with Gasteiger partial charge in [0.2, 0.25) is 0 Å². The molecule has 1 aromatic heterocycles. The Morgan fingerprint density at radius 1 is 1.14 bits per heavy atom. The molecule has 4 aliphatic heterocycles. The molecule has 5 nitrogen and oxygen atoms in total. The van der Waals surface area contributed by atoms with Crippen molar-refractivity contribution in [1.82, 2.24) is 14.8 Å². The molecule has 4 fully saturated rings. The molecule has 1 amide bonds. The minimum Gasteiger partial charge on any atom is -0.497 e. The lowest BCUT2D eigenvalue weighted by Gasteiger charge is -2.51. The Kier molecular flexibility index (Phi) is 4.35. The highest BCUT2D eigenvalue weighted by Crippen LogP contribution is 2.47. The van der Waals surface area contributed by atoms with Crippen molar-refractivity contribution in [3.8, 4) is 5.75 Å². The number of rotatable bonds is 3.